The summed E-state index contributed by atoms with van der Waals surface area (Å²) in [5, 5.41) is 6.49. The summed E-state index contributed by atoms with van der Waals surface area (Å²) in [6.45, 7) is 16.4. The Morgan fingerprint density at radius 2 is 1.83 bits per heavy atom. The Morgan fingerprint density at radius 3 is 2.33 bits per heavy atom. The van der Waals surface area contributed by atoms with Gasteiger partial charge in [0, 0.05) is 16.5 Å². The van der Waals surface area contributed by atoms with E-state index in [2.05, 4.69) is 42.5 Å². The van der Waals surface area contributed by atoms with Crippen molar-refractivity contribution >= 4 is 23.6 Å². The Labute approximate surface area is 147 Å². The molecule has 0 aliphatic carbocycles. The van der Waals surface area contributed by atoms with Crippen molar-refractivity contribution in [2.24, 2.45) is 5.41 Å². The van der Waals surface area contributed by atoms with Gasteiger partial charge in [0.2, 0.25) is 5.91 Å². The second kappa shape index (κ2) is 7.82. The second-order valence-electron chi connectivity index (χ2n) is 7.64. The minimum atomic E-state index is -0.409. The highest BCUT2D eigenvalue weighted by Crippen LogP contribution is 2.28. The number of hydrogen-bond donors (Lipinski definition) is 2. The topological polar surface area (TPSA) is 54.0 Å². The molecule has 0 saturated carbocycles. The van der Waals surface area contributed by atoms with E-state index in [0.29, 0.717) is 5.82 Å². The van der Waals surface area contributed by atoms with E-state index in [1.165, 1.54) is 0 Å². The lowest BCUT2D eigenvalue weighted by atomic mass is 9.89. The lowest BCUT2D eigenvalue weighted by molar-refractivity contribution is -0.124. The van der Waals surface area contributed by atoms with Crippen LogP contribution in [0.1, 0.15) is 72.4 Å². The van der Waals surface area contributed by atoms with Gasteiger partial charge in [-0.25, -0.2) is 4.98 Å². The Balaban J connectivity index is 3.26. The zero-order chi connectivity index (χ0) is 18.5. The van der Waals surface area contributed by atoms with Crippen LogP contribution in [-0.2, 0) is 4.79 Å². The Bertz CT molecular complexity index is 616. The van der Waals surface area contributed by atoms with Crippen LogP contribution in [0.5, 0.6) is 0 Å². The molecule has 4 heteroatoms. The predicted octanol–water partition coefficient (Wildman–Crippen LogP) is 5.40. The Kier molecular flexibility index (Phi) is 6.58. The molecule has 0 radical (unpaired) electrons. The zero-order valence-corrected chi connectivity index (χ0v) is 16.5. The molecule has 0 fully saturated rings. The number of allylic oxidation sites excluding steroid dienone is 1. The SMILES string of the molecule is C/C=C\c1c(C)cc(NC(=O)C(C)(C)CC)nc1NC(C)(C)CC. The van der Waals surface area contributed by atoms with E-state index in [1.807, 2.05) is 46.8 Å². The van der Waals surface area contributed by atoms with Gasteiger partial charge in [0.1, 0.15) is 11.6 Å². The van der Waals surface area contributed by atoms with Gasteiger partial charge in [-0.3, -0.25) is 4.79 Å². The first-order valence-corrected chi connectivity index (χ1v) is 8.80. The first-order chi connectivity index (χ1) is 11.1. The van der Waals surface area contributed by atoms with E-state index in [1.54, 1.807) is 0 Å². The molecule has 1 amide bonds. The third-order valence-electron chi connectivity index (χ3n) is 4.68. The summed E-state index contributed by atoms with van der Waals surface area (Å²) in [5.74, 6) is 1.41. The molecule has 4 nitrogen and oxygen atoms in total. The fourth-order valence-electron chi connectivity index (χ4n) is 2.07. The number of rotatable bonds is 7. The van der Waals surface area contributed by atoms with Crippen LogP contribution in [0.2, 0.25) is 0 Å². The number of carbonyl (C=O) groups is 1. The fraction of sp³-hybridized carbons (Fsp3) is 0.600. The number of nitrogens with zero attached hydrogens (tertiary/aromatic N) is 1. The Hall–Kier alpha value is -1.84. The van der Waals surface area contributed by atoms with Gasteiger partial charge >= 0.3 is 0 Å². The molecule has 0 atom stereocenters. The summed E-state index contributed by atoms with van der Waals surface area (Å²) < 4.78 is 0. The van der Waals surface area contributed by atoms with Crippen molar-refractivity contribution in [1.29, 1.82) is 0 Å². The number of anilines is 2. The average Bonchev–Trinajstić information content (AvgIpc) is 2.50. The highest BCUT2D eigenvalue weighted by molar-refractivity contribution is 5.94. The largest absolute Gasteiger partial charge is 0.365 e. The standard InChI is InChI=1S/C20H33N3O/c1-9-12-15-14(4)13-16(22-18(24)19(5,6)10-2)21-17(15)23-20(7,8)11-3/h9,12-13H,10-11H2,1-8H3,(H2,21,22,23,24)/b12-9-. The highest BCUT2D eigenvalue weighted by atomic mass is 16.2. The van der Waals surface area contributed by atoms with Gasteiger partial charge in [0.05, 0.1) is 0 Å². The number of aromatic nitrogens is 1. The molecule has 2 N–H and O–H groups in total. The normalized spacial score (nSPS) is 12.5. The van der Waals surface area contributed by atoms with Gasteiger partial charge < -0.3 is 10.6 Å². The fourth-order valence-corrected chi connectivity index (χ4v) is 2.07. The molecule has 0 spiro atoms. The minimum absolute atomic E-state index is 0.00335. The second-order valence-corrected chi connectivity index (χ2v) is 7.64. The molecule has 1 aromatic rings. The molecule has 134 valence electrons. The summed E-state index contributed by atoms with van der Waals surface area (Å²) >= 11 is 0. The van der Waals surface area contributed by atoms with Gasteiger partial charge in [-0.15, -0.1) is 0 Å². The molecule has 0 aromatic carbocycles. The third-order valence-corrected chi connectivity index (χ3v) is 4.68. The first kappa shape index (κ1) is 20.2. The lowest BCUT2D eigenvalue weighted by Gasteiger charge is -2.27. The molecule has 0 unspecified atom stereocenters. The average molecular weight is 332 g/mol. The number of amides is 1. The Morgan fingerprint density at radius 1 is 1.21 bits per heavy atom. The van der Waals surface area contributed by atoms with Crippen molar-refractivity contribution in [3.05, 3.63) is 23.3 Å². The van der Waals surface area contributed by atoms with Crippen LogP contribution in [-0.4, -0.2) is 16.4 Å². The molecular weight excluding hydrogens is 298 g/mol. The molecule has 0 aliphatic rings. The molecule has 1 heterocycles. The van der Waals surface area contributed by atoms with Gasteiger partial charge in [-0.1, -0.05) is 39.8 Å². The quantitative estimate of drug-likeness (QED) is 0.703. The van der Waals surface area contributed by atoms with Crippen LogP contribution < -0.4 is 10.6 Å². The maximum Gasteiger partial charge on any atom is 0.231 e. The van der Waals surface area contributed by atoms with Crippen LogP contribution in [0.15, 0.2) is 12.1 Å². The van der Waals surface area contributed by atoms with E-state index in [-0.39, 0.29) is 11.4 Å². The molecule has 1 aromatic heterocycles. The summed E-state index contributed by atoms with van der Waals surface area (Å²) in [7, 11) is 0. The predicted molar refractivity (Wildman–Crippen MR) is 104 cm³/mol. The van der Waals surface area contributed by atoms with Gasteiger partial charge in [-0.2, -0.15) is 0 Å². The summed E-state index contributed by atoms with van der Waals surface area (Å²) in [6.07, 6.45) is 5.81. The first-order valence-electron chi connectivity index (χ1n) is 8.80. The van der Waals surface area contributed by atoms with Crippen LogP contribution in [0.3, 0.4) is 0 Å². The van der Waals surface area contributed by atoms with Crippen LogP contribution >= 0.6 is 0 Å². The van der Waals surface area contributed by atoms with Gasteiger partial charge in [0.15, 0.2) is 0 Å². The van der Waals surface area contributed by atoms with Gasteiger partial charge in [0.25, 0.3) is 0 Å². The molecular formula is C20H33N3O. The van der Waals surface area contributed by atoms with Gasteiger partial charge in [-0.05, 0) is 52.2 Å². The van der Waals surface area contributed by atoms with Crippen LogP contribution in [0.4, 0.5) is 11.6 Å². The molecule has 24 heavy (non-hydrogen) atoms. The lowest BCUT2D eigenvalue weighted by Crippen LogP contribution is -2.32. The molecule has 0 bridgehead atoms. The van der Waals surface area contributed by atoms with Crippen LogP contribution in [0, 0.1) is 12.3 Å². The minimum Gasteiger partial charge on any atom is -0.365 e. The van der Waals surface area contributed by atoms with Crippen molar-refractivity contribution < 1.29 is 4.79 Å². The van der Waals surface area contributed by atoms with E-state index in [9.17, 15) is 4.79 Å². The highest BCUT2D eigenvalue weighted by Gasteiger charge is 2.26. The van der Waals surface area contributed by atoms with E-state index in [4.69, 9.17) is 0 Å². The summed E-state index contributed by atoms with van der Waals surface area (Å²) in [4.78, 5) is 17.1. The maximum atomic E-state index is 12.5. The number of pyridine rings is 1. The number of aryl methyl sites for hydroxylation is 1. The van der Waals surface area contributed by atoms with Crippen molar-refractivity contribution in [1.82, 2.24) is 4.98 Å². The number of hydrogen-bond acceptors (Lipinski definition) is 3. The monoisotopic (exact) mass is 331 g/mol. The van der Waals surface area contributed by atoms with Crippen molar-refractivity contribution in [3.8, 4) is 0 Å². The summed E-state index contributed by atoms with van der Waals surface area (Å²) in [6, 6.07) is 1.93. The number of carbonyl (C=O) groups excluding carboxylic acids is 1. The summed E-state index contributed by atoms with van der Waals surface area (Å²) in [5.41, 5.74) is 1.67. The third kappa shape index (κ3) is 5.08. The number of nitrogens with one attached hydrogen (secondary N) is 2. The molecule has 1 rings (SSSR count). The van der Waals surface area contributed by atoms with Crippen molar-refractivity contribution in [3.63, 3.8) is 0 Å². The van der Waals surface area contributed by atoms with E-state index >= 15 is 0 Å². The molecule has 0 saturated heterocycles. The molecule has 0 aliphatic heterocycles. The van der Waals surface area contributed by atoms with Crippen molar-refractivity contribution in [2.45, 2.75) is 73.8 Å². The van der Waals surface area contributed by atoms with E-state index in [0.717, 1.165) is 29.8 Å². The van der Waals surface area contributed by atoms with Crippen LogP contribution in [0.25, 0.3) is 6.08 Å². The van der Waals surface area contributed by atoms with E-state index < -0.39 is 5.41 Å². The zero-order valence-electron chi connectivity index (χ0n) is 16.5. The maximum absolute atomic E-state index is 12.5. The van der Waals surface area contributed by atoms with Crippen molar-refractivity contribution in [2.75, 3.05) is 10.6 Å². The smallest absolute Gasteiger partial charge is 0.231 e.